The van der Waals surface area contributed by atoms with E-state index in [-0.39, 0.29) is 11.8 Å². The normalized spacial score (nSPS) is 10.2. The van der Waals surface area contributed by atoms with Crippen molar-refractivity contribution < 1.29 is 9.59 Å². The summed E-state index contributed by atoms with van der Waals surface area (Å²) in [5.74, 6) is -0.0165. The Morgan fingerprint density at radius 1 is 1.24 bits per heavy atom. The van der Waals surface area contributed by atoms with Gasteiger partial charge in [-0.05, 0) is 36.9 Å². The van der Waals surface area contributed by atoms with Gasteiger partial charge < -0.3 is 10.2 Å². The highest BCUT2D eigenvalue weighted by Gasteiger charge is 2.10. The molecule has 4 nitrogen and oxygen atoms in total. The predicted octanol–water partition coefficient (Wildman–Crippen LogP) is 3.66. The molecule has 2 amide bonds. The van der Waals surface area contributed by atoms with Crippen LogP contribution in [0.15, 0.2) is 41.8 Å². The Labute approximate surface area is 128 Å². The molecule has 110 valence electrons. The number of nitrogens with zero attached hydrogens (tertiary/aromatic N) is 1. The minimum absolute atomic E-state index is 0.0165. The Bertz CT molecular complexity index is 623. The maximum Gasteiger partial charge on any atom is 0.321 e. The highest BCUT2D eigenvalue weighted by molar-refractivity contribution is 7.09. The van der Waals surface area contributed by atoms with Gasteiger partial charge in [0.15, 0.2) is 5.78 Å². The Balaban J connectivity index is 1.91. The second-order valence-electron chi connectivity index (χ2n) is 4.82. The van der Waals surface area contributed by atoms with Gasteiger partial charge in [-0.15, -0.1) is 11.3 Å². The number of thiophene rings is 1. The number of nitrogens with one attached hydrogen (secondary N) is 1. The molecule has 0 saturated carbocycles. The first-order valence-electron chi connectivity index (χ1n) is 6.72. The number of likely N-dealkylation sites (N-methyl/N-ethyl adjacent to an activating group) is 1. The van der Waals surface area contributed by atoms with Gasteiger partial charge in [0.25, 0.3) is 0 Å². The molecular weight excluding hydrogens is 284 g/mol. The topological polar surface area (TPSA) is 49.4 Å². The van der Waals surface area contributed by atoms with Crippen molar-refractivity contribution in [3.05, 3.63) is 52.2 Å². The fourth-order valence-corrected chi connectivity index (χ4v) is 2.57. The Morgan fingerprint density at radius 3 is 2.71 bits per heavy atom. The molecule has 21 heavy (non-hydrogen) atoms. The van der Waals surface area contributed by atoms with Gasteiger partial charge in [-0.25, -0.2) is 4.79 Å². The molecule has 1 N–H and O–H groups in total. The van der Waals surface area contributed by atoms with Crippen LogP contribution in [0.4, 0.5) is 10.5 Å². The van der Waals surface area contributed by atoms with Gasteiger partial charge in [-0.2, -0.15) is 0 Å². The molecule has 0 radical (unpaired) electrons. The molecule has 0 spiro atoms. The predicted molar refractivity (Wildman–Crippen MR) is 86.1 cm³/mol. The van der Waals surface area contributed by atoms with Crippen LogP contribution in [0.1, 0.15) is 22.2 Å². The molecule has 1 aromatic heterocycles. The molecule has 0 aliphatic carbocycles. The van der Waals surface area contributed by atoms with Crippen molar-refractivity contribution in [3.8, 4) is 0 Å². The molecule has 0 unspecified atom stereocenters. The number of anilines is 1. The summed E-state index contributed by atoms with van der Waals surface area (Å²) in [5.41, 5.74) is 1.23. The second-order valence-corrected chi connectivity index (χ2v) is 5.85. The smallest absolute Gasteiger partial charge is 0.321 e. The molecule has 2 aromatic rings. The lowest BCUT2D eigenvalue weighted by Crippen LogP contribution is -2.32. The third-order valence-electron chi connectivity index (χ3n) is 3.14. The molecule has 1 aromatic carbocycles. The minimum atomic E-state index is -0.174. The third-order valence-corrected chi connectivity index (χ3v) is 4.08. The molecular formula is C16H18N2O2S. The van der Waals surface area contributed by atoms with Crippen LogP contribution in [0, 0.1) is 0 Å². The van der Waals surface area contributed by atoms with E-state index in [0.717, 1.165) is 6.42 Å². The zero-order valence-corrected chi connectivity index (χ0v) is 12.9. The van der Waals surface area contributed by atoms with Crippen molar-refractivity contribution in [3.63, 3.8) is 0 Å². The monoisotopic (exact) mass is 302 g/mol. The summed E-state index contributed by atoms with van der Waals surface area (Å²) >= 11 is 1.69. The van der Waals surface area contributed by atoms with Crippen LogP contribution in [0.2, 0.25) is 0 Å². The van der Waals surface area contributed by atoms with E-state index in [4.69, 9.17) is 0 Å². The summed E-state index contributed by atoms with van der Waals surface area (Å²) < 4.78 is 0. The highest BCUT2D eigenvalue weighted by atomic mass is 32.1. The summed E-state index contributed by atoms with van der Waals surface area (Å²) in [5, 5.41) is 4.84. The van der Waals surface area contributed by atoms with Crippen LogP contribution in [0.5, 0.6) is 0 Å². The number of rotatable bonds is 5. The van der Waals surface area contributed by atoms with E-state index in [2.05, 4.69) is 11.4 Å². The number of carbonyl (C=O) groups excluding carboxylic acids is 2. The van der Waals surface area contributed by atoms with Crippen molar-refractivity contribution in [2.45, 2.75) is 13.3 Å². The quantitative estimate of drug-likeness (QED) is 0.857. The molecule has 0 atom stereocenters. The number of carbonyl (C=O) groups is 2. The van der Waals surface area contributed by atoms with E-state index >= 15 is 0 Å². The van der Waals surface area contributed by atoms with E-state index in [0.29, 0.717) is 17.8 Å². The molecule has 2 rings (SSSR count). The maximum absolute atomic E-state index is 12.1. The van der Waals surface area contributed by atoms with Gasteiger partial charge >= 0.3 is 6.03 Å². The number of benzene rings is 1. The molecule has 0 aliphatic heterocycles. The summed E-state index contributed by atoms with van der Waals surface area (Å²) in [6.07, 6.45) is 0.842. The van der Waals surface area contributed by atoms with E-state index in [1.54, 1.807) is 47.5 Å². The summed E-state index contributed by atoms with van der Waals surface area (Å²) in [6, 6.07) is 10.9. The summed E-state index contributed by atoms with van der Waals surface area (Å²) in [7, 11) is 1.76. The standard InChI is InChI=1S/C16H18N2O2S/c1-12(19)13-5-3-6-14(11-13)17-16(20)18(2)9-8-15-7-4-10-21-15/h3-7,10-11H,8-9H2,1-2H3,(H,17,20). The molecule has 0 saturated heterocycles. The van der Waals surface area contributed by atoms with E-state index in [1.165, 1.54) is 11.8 Å². The van der Waals surface area contributed by atoms with E-state index < -0.39 is 0 Å². The number of hydrogen-bond donors (Lipinski definition) is 1. The largest absolute Gasteiger partial charge is 0.327 e. The zero-order valence-electron chi connectivity index (χ0n) is 12.1. The third kappa shape index (κ3) is 4.43. The lowest BCUT2D eigenvalue weighted by Gasteiger charge is -2.17. The molecule has 1 heterocycles. The Hall–Kier alpha value is -2.14. The number of Topliss-reactive ketones (excluding diaryl/α,β-unsaturated/α-hetero) is 1. The van der Waals surface area contributed by atoms with Crippen LogP contribution < -0.4 is 5.32 Å². The van der Waals surface area contributed by atoms with Crippen LogP contribution in [-0.2, 0) is 6.42 Å². The molecule has 5 heteroatoms. The lowest BCUT2D eigenvalue weighted by atomic mass is 10.1. The molecule has 0 fully saturated rings. The van der Waals surface area contributed by atoms with Crippen molar-refractivity contribution in [1.82, 2.24) is 4.90 Å². The number of urea groups is 1. The minimum Gasteiger partial charge on any atom is -0.327 e. The van der Waals surface area contributed by atoms with Crippen molar-refractivity contribution >= 4 is 28.8 Å². The Morgan fingerprint density at radius 2 is 2.05 bits per heavy atom. The Kier molecular flexibility index (Phi) is 5.11. The van der Waals surface area contributed by atoms with Crippen LogP contribution in [-0.4, -0.2) is 30.3 Å². The number of amides is 2. The van der Waals surface area contributed by atoms with Gasteiger partial charge in [-0.1, -0.05) is 18.2 Å². The zero-order chi connectivity index (χ0) is 15.2. The maximum atomic E-state index is 12.1. The van der Waals surface area contributed by atoms with Crippen LogP contribution >= 0.6 is 11.3 Å². The van der Waals surface area contributed by atoms with Gasteiger partial charge in [0, 0.05) is 29.7 Å². The lowest BCUT2D eigenvalue weighted by molar-refractivity contribution is 0.101. The van der Waals surface area contributed by atoms with E-state index in [9.17, 15) is 9.59 Å². The average molecular weight is 302 g/mol. The second kappa shape index (κ2) is 7.04. The van der Waals surface area contributed by atoms with Crippen molar-refractivity contribution in [2.24, 2.45) is 0 Å². The molecule has 0 bridgehead atoms. The van der Waals surface area contributed by atoms with Gasteiger partial charge in [0.05, 0.1) is 0 Å². The van der Waals surface area contributed by atoms with Gasteiger partial charge in [0.1, 0.15) is 0 Å². The van der Waals surface area contributed by atoms with Crippen molar-refractivity contribution in [2.75, 3.05) is 18.9 Å². The molecule has 0 aliphatic rings. The van der Waals surface area contributed by atoms with Gasteiger partial charge in [-0.3, -0.25) is 4.79 Å². The SMILES string of the molecule is CC(=O)c1cccc(NC(=O)N(C)CCc2cccs2)c1. The van der Waals surface area contributed by atoms with Crippen LogP contribution in [0.3, 0.4) is 0 Å². The van der Waals surface area contributed by atoms with Gasteiger partial charge in [0.2, 0.25) is 0 Å². The van der Waals surface area contributed by atoms with E-state index in [1.807, 2.05) is 11.4 Å². The fourth-order valence-electron chi connectivity index (χ4n) is 1.87. The first-order chi connectivity index (χ1) is 10.1. The number of hydrogen-bond acceptors (Lipinski definition) is 3. The first kappa shape index (κ1) is 15.3. The summed E-state index contributed by atoms with van der Waals surface area (Å²) in [4.78, 5) is 26.3. The average Bonchev–Trinajstić information content (AvgIpc) is 2.98. The van der Waals surface area contributed by atoms with Crippen LogP contribution in [0.25, 0.3) is 0 Å². The fraction of sp³-hybridized carbons (Fsp3) is 0.250. The summed E-state index contributed by atoms with van der Waals surface area (Å²) in [6.45, 7) is 2.16. The first-order valence-corrected chi connectivity index (χ1v) is 7.60. The highest BCUT2D eigenvalue weighted by Crippen LogP contribution is 2.13. The number of ketones is 1. The van der Waals surface area contributed by atoms with Crippen molar-refractivity contribution in [1.29, 1.82) is 0 Å².